The molecule has 1 aliphatic rings. The third-order valence-corrected chi connectivity index (χ3v) is 5.08. The van der Waals surface area contributed by atoms with E-state index in [0.717, 1.165) is 34.6 Å². The van der Waals surface area contributed by atoms with Crippen LogP contribution in [-0.4, -0.2) is 33.7 Å². The highest BCUT2D eigenvalue weighted by Crippen LogP contribution is 2.43. The summed E-state index contributed by atoms with van der Waals surface area (Å²) in [5.41, 5.74) is 4.44. The van der Waals surface area contributed by atoms with E-state index in [2.05, 4.69) is 29.3 Å². The standard InChI is InChI=1S/C23H25N3O2/c1-4-14-28-18-12-10-17(11-13-18)22-19-20(16-8-6-5-7-9-16)24-25-21(19)23(27)26(22)15(2)3/h5-13,15,22H,4,14H2,1-3H3,(H,24,25). The number of H-pyrrole nitrogens is 1. The minimum atomic E-state index is -0.170. The Kier molecular flexibility index (Phi) is 4.90. The summed E-state index contributed by atoms with van der Waals surface area (Å²) in [7, 11) is 0. The number of hydrogen-bond donors (Lipinski definition) is 1. The van der Waals surface area contributed by atoms with Gasteiger partial charge in [-0.2, -0.15) is 5.10 Å². The number of nitrogens with one attached hydrogen (secondary N) is 1. The number of nitrogens with zero attached hydrogens (tertiary/aromatic N) is 2. The van der Waals surface area contributed by atoms with E-state index in [9.17, 15) is 4.79 Å². The first kappa shape index (κ1) is 18.3. The highest BCUT2D eigenvalue weighted by atomic mass is 16.5. The molecule has 0 radical (unpaired) electrons. The molecule has 0 fully saturated rings. The van der Waals surface area contributed by atoms with Crippen molar-refractivity contribution in [1.29, 1.82) is 0 Å². The first-order valence-electron chi connectivity index (χ1n) is 9.81. The van der Waals surface area contributed by atoms with Gasteiger partial charge in [0.15, 0.2) is 0 Å². The molecular weight excluding hydrogens is 350 g/mol. The molecule has 1 aliphatic heterocycles. The van der Waals surface area contributed by atoms with Gasteiger partial charge in [0.25, 0.3) is 5.91 Å². The fourth-order valence-corrected chi connectivity index (χ4v) is 3.81. The molecule has 5 nitrogen and oxygen atoms in total. The lowest BCUT2D eigenvalue weighted by molar-refractivity contribution is 0.0688. The van der Waals surface area contributed by atoms with Crippen LogP contribution in [0.3, 0.4) is 0 Å². The average molecular weight is 375 g/mol. The number of aromatic nitrogens is 2. The van der Waals surface area contributed by atoms with Gasteiger partial charge >= 0.3 is 0 Å². The van der Waals surface area contributed by atoms with Gasteiger partial charge in [0.2, 0.25) is 0 Å². The lowest BCUT2D eigenvalue weighted by Crippen LogP contribution is -2.35. The summed E-state index contributed by atoms with van der Waals surface area (Å²) in [5.74, 6) is 0.845. The molecule has 0 bridgehead atoms. The van der Waals surface area contributed by atoms with Crippen molar-refractivity contribution in [1.82, 2.24) is 15.1 Å². The van der Waals surface area contributed by atoms with E-state index in [1.54, 1.807) is 0 Å². The topological polar surface area (TPSA) is 58.2 Å². The maximum absolute atomic E-state index is 13.1. The Morgan fingerprint density at radius 3 is 2.46 bits per heavy atom. The van der Waals surface area contributed by atoms with Gasteiger partial charge < -0.3 is 9.64 Å². The summed E-state index contributed by atoms with van der Waals surface area (Å²) >= 11 is 0. The van der Waals surface area contributed by atoms with Gasteiger partial charge in [-0.05, 0) is 38.0 Å². The summed E-state index contributed by atoms with van der Waals surface area (Å²) in [4.78, 5) is 15.0. The van der Waals surface area contributed by atoms with E-state index in [4.69, 9.17) is 4.74 Å². The lowest BCUT2D eigenvalue weighted by Gasteiger charge is -2.30. The Labute approximate surface area is 165 Å². The molecule has 1 amide bonds. The van der Waals surface area contributed by atoms with Crippen molar-refractivity contribution in [2.45, 2.75) is 39.3 Å². The SMILES string of the molecule is CCCOc1ccc(C2c3c(-c4ccccc4)n[nH]c3C(=O)N2C(C)C)cc1. The fourth-order valence-electron chi connectivity index (χ4n) is 3.81. The molecule has 0 spiro atoms. The van der Waals surface area contributed by atoms with Crippen LogP contribution in [0.25, 0.3) is 11.3 Å². The number of amides is 1. The van der Waals surface area contributed by atoms with E-state index in [0.29, 0.717) is 12.3 Å². The zero-order valence-corrected chi connectivity index (χ0v) is 16.5. The monoisotopic (exact) mass is 375 g/mol. The van der Waals surface area contributed by atoms with Crippen molar-refractivity contribution in [3.63, 3.8) is 0 Å². The predicted octanol–water partition coefficient (Wildman–Crippen LogP) is 4.82. The van der Waals surface area contributed by atoms with Crippen LogP contribution in [0.4, 0.5) is 0 Å². The molecule has 1 atom stereocenters. The maximum Gasteiger partial charge on any atom is 0.273 e. The molecule has 1 N–H and O–H groups in total. The summed E-state index contributed by atoms with van der Waals surface area (Å²) in [5, 5.41) is 7.48. The molecule has 0 saturated heterocycles. The molecule has 144 valence electrons. The number of hydrogen-bond acceptors (Lipinski definition) is 3. The Hall–Kier alpha value is -3.08. The normalized spacial score (nSPS) is 15.9. The smallest absolute Gasteiger partial charge is 0.273 e. The zero-order chi connectivity index (χ0) is 19.7. The second kappa shape index (κ2) is 7.50. The van der Waals surface area contributed by atoms with Gasteiger partial charge in [-0.25, -0.2) is 0 Å². The largest absolute Gasteiger partial charge is 0.494 e. The van der Waals surface area contributed by atoms with Gasteiger partial charge in [-0.1, -0.05) is 49.4 Å². The second-order valence-electron chi connectivity index (χ2n) is 7.35. The fraction of sp³-hybridized carbons (Fsp3) is 0.304. The molecule has 1 unspecified atom stereocenters. The molecule has 2 aromatic carbocycles. The van der Waals surface area contributed by atoms with Crippen LogP contribution in [0.15, 0.2) is 54.6 Å². The van der Waals surface area contributed by atoms with Crippen LogP contribution >= 0.6 is 0 Å². The van der Waals surface area contributed by atoms with Gasteiger partial charge in [0.1, 0.15) is 11.4 Å². The number of rotatable bonds is 6. The average Bonchev–Trinajstić information content (AvgIpc) is 3.26. The Morgan fingerprint density at radius 2 is 1.82 bits per heavy atom. The number of carbonyl (C=O) groups is 1. The third-order valence-electron chi connectivity index (χ3n) is 5.08. The number of ether oxygens (including phenoxy) is 1. The molecule has 2 heterocycles. The third kappa shape index (κ3) is 3.07. The van der Waals surface area contributed by atoms with Crippen molar-refractivity contribution >= 4 is 5.91 Å². The van der Waals surface area contributed by atoms with E-state index in [1.807, 2.05) is 61.2 Å². The Bertz CT molecular complexity index is 961. The van der Waals surface area contributed by atoms with Crippen LogP contribution in [0.5, 0.6) is 5.75 Å². The highest BCUT2D eigenvalue weighted by molar-refractivity contribution is 6.00. The van der Waals surface area contributed by atoms with Gasteiger partial charge in [-0.15, -0.1) is 0 Å². The molecule has 1 aromatic heterocycles. The van der Waals surface area contributed by atoms with Crippen molar-refractivity contribution in [3.05, 3.63) is 71.4 Å². The number of carbonyl (C=O) groups excluding carboxylic acids is 1. The minimum Gasteiger partial charge on any atom is -0.494 e. The Morgan fingerprint density at radius 1 is 1.11 bits per heavy atom. The van der Waals surface area contributed by atoms with E-state index < -0.39 is 0 Å². The quantitative estimate of drug-likeness (QED) is 0.672. The number of aromatic amines is 1. The molecule has 0 aliphatic carbocycles. The molecule has 5 heteroatoms. The lowest BCUT2D eigenvalue weighted by atomic mass is 9.95. The van der Waals surface area contributed by atoms with Gasteiger partial charge in [0.05, 0.1) is 18.3 Å². The van der Waals surface area contributed by atoms with E-state index in [-0.39, 0.29) is 18.0 Å². The summed E-state index contributed by atoms with van der Waals surface area (Å²) in [6.07, 6.45) is 0.971. The van der Waals surface area contributed by atoms with Crippen LogP contribution in [-0.2, 0) is 0 Å². The van der Waals surface area contributed by atoms with Crippen LogP contribution in [0.2, 0.25) is 0 Å². The number of benzene rings is 2. The Balaban J connectivity index is 1.80. The van der Waals surface area contributed by atoms with Crippen LogP contribution in [0, 0.1) is 0 Å². The molecule has 28 heavy (non-hydrogen) atoms. The summed E-state index contributed by atoms with van der Waals surface area (Å²) in [6, 6.07) is 18.0. The highest BCUT2D eigenvalue weighted by Gasteiger charge is 2.43. The van der Waals surface area contributed by atoms with Crippen LogP contribution < -0.4 is 4.74 Å². The van der Waals surface area contributed by atoms with Crippen molar-refractivity contribution in [3.8, 4) is 17.0 Å². The van der Waals surface area contributed by atoms with Gasteiger partial charge in [-0.3, -0.25) is 9.89 Å². The van der Waals surface area contributed by atoms with Crippen LogP contribution in [0.1, 0.15) is 54.8 Å². The molecular formula is C23H25N3O2. The predicted molar refractivity (Wildman–Crippen MR) is 109 cm³/mol. The minimum absolute atomic E-state index is 0.00371. The second-order valence-corrected chi connectivity index (χ2v) is 7.35. The van der Waals surface area contributed by atoms with Crippen molar-refractivity contribution in [2.75, 3.05) is 6.61 Å². The number of fused-ring (bicyclic) bond motifs is 1. The molecule has 4 rings (SSSR count). The summed E-state index contributed by atoms with van der Waals surface area (Å²) < 4.78 is 5.72. The molecule has 3 aromatic rings. The van der Waals surface area contributed by atoms with E-state index in [1.165, 1.54) is 0 Å². The molecule has 0 saturated carbocycles. The summed E-state index contributed by atoms with van der Waals surface area (Å²) in [6.45, 7) is 6.88. The first-order chi connectivity index (χ1) is 13.6. The van der Waals surface area contributed by atoms with E-state index >= 15 is 0 Å². The first-order valence-corrected chi connectivity index (χ1v) is 9.81. The van der Waals surface area contributed by atoms with Gasteiger partial charge in [0, 0.05) is 17.2 Å². The van der Waals surface area contributed by atoms with Crippen molar-refractivity contribution < 1.29 is 9.53 Å². The van der Waals surface area contributed by atoms with Crippen molar-refractivity contribution in [2.24, 2.45) is 0 Å². The maximum atomic E-state index is 13.1. The zero-order valence-electron chi connectivity index (χ0n) is 16.5.